The van der Waals surface area contributed by atoms with E-state index in [9.17, 15) is 4.79 Å². The van der Waals surface area contributed by atoms with Crippen molar-refractivity contribution in [2.45, 2.75) is 6.92 Å². The molecule has 0 unspecified atom stereocenters. The van der Waals surface area contributed by atoms with Gasteiger partial charge in [0.15, 0.2) is 11.3 Å². The Morgan fingerprint density at radius 2 is 2.12 bits per heavy atom. The summed E-state index contributed by atoms with van der Waals surface area (Å²) >= 11 is 1.35. The van der Waals surface area contributed by atoms with Gasteiger partial charge in [0.05, 0.1) is 12.3 Å². The van der Waals surface area contributed by atoms with E-state index < -0.39 is 0 Å². The van der Waals surface area contributed by atoms with Crippen LogP contribution in [0, 0.1) is 0 Å². The first-order valence-electron chi connectivity index (χ1n) is 4.97. The van der Waals surface area contributed by atoms with Gasteiger partial charge in [-0.05, 0) is 31.2 Å². The van der Waals surface area contributed by atoms with Gasteiger partial charge >= 0.3 is 0 Å². The molecule has 4 heteroatoms. The lowest BCUT2D eigenvalue weighted by Gasteiger charge is -2.02. The van der Waals surface area contributed by atoms with Crippen molar-refractivity contribution >= 4 is 17.6 Å². The molecule has 0 amide bonds. The molecule has 2 rings (SSSR count). The second kappa shape index (κ2) is 4.90. The highest BCUT2D eigenvalue weighted by Crippen LogP contribution is 2.23. The number of benzene rings is 1. The molecule has 0 radical (unpaired) electrons. The van der Waals surface area contributed by atoms with Crippen LogP contribution in [0.3, 0.4) is 0 Å². The fraction of sp³-hybridized carbons (Fsp3) is 0.167. The van der Waals surface area contributed by atoms with Gasteiger partial charge in [0, 0.05) is 10.9 Å². The summed E-state index contributed by atoms with van der Waals surface area (Å²) in [5.41, 5.74) is 1.82. The van der Waals surface area contributed by atoms with Crippen LogP contribution < -0.4 is 4.74 Å². The lowest BCUT2D eigenvalue weighted by atomic mass is 10.2. The number of carbonyl (C=O) groups is 1. The Labute approximate surface area is 97.7 Å². The van der Waals surface area contributed by atoms with Crippen molar-refractivity contribution < 1.29 is 9.53 Å². The normalized spacial score (nSPS) is 10.1. The van der Waals surface area contributed by atoms with Crippen molar-refractivity contribution in [3.8, 4) is 17.0 Å². The van der Waals surface area contributed by atoms with Crippen molar-refractivity contribution in [3.05, 3.63) is 34.7 Å². The van der Waals surface area contributed by atoms with Crippen LogP contribution in [0.15, 0.2) is 29.6 Å². The molecule has 0 N–H and O–H groups in total. The predicted octanol–water partition coefficient (Wildman–Crippen LogP) is 3.02. The van der Waals surface area contributed by atoms with Gasteiger partial charge in [-0.3, -0.25) is 4.79 Å². The van der Waals surface area contributed by atoms with E-state index in [0.717, 1.165) is 23.3 Å². The van der Waals surface area contributed by atoms with Crippen molar-refractivity contribution in [1.29, 1.82) is 0 Å². The second-order valence-corrected chi connectivity index (χ2v) is 4.04. The van der Waals surface area contributed by atoms with E-state index >= 15 is 0 Å². The Morgan fingerprint density at radius 3 is 2.69 bits per heavy atom. The molecular formula is C12H11NO2S. The first-order valence-corrected chi connectivity index (χ1v) is 5.85. The monoisotopic (exact) mass is 233 g/mol. The van der Waals surface area contributed by atoms with Crippen LogP contribution in [0.5, 0.6) is 5.75 Å². The Bertz CT molecular complexity index is 476. The lowest BCUT2D eigenvalue weighted by Crippen LogP contribution is -1.90. The summed E-state index contributed by atoms with van der Waals surface area (Å²) in [4.78, 5) is 14.7. The van der Waals surface area contributed by atoms with Gasteiger partial charge in [0.2, 0.25) is 0 Å². The van der Waals surface area contributed by atoms with E-state index in [0.29, 0.717) is 11.6 Å². The molecule has 0 atom stereocenters. The number of hydrogen-bond acceptors (Lipinski definition) is 4. The molecule has 1 aromatic carbocycles. The summed E-state index contributed by atoms with van der Waals surface area (Å²) in [6.07, 6.45) is 0.767. The molecule has 0 bridgehead atoms. The summed E-state index contributed by atoms with van der Waals surface area (Å²) in [6.45, 7) is 2.61. The molecule has 0 aliphatic rings. The smallest absolute Gasteiger partial charge is 0.178 e. The molecule has 3 nitrogen and oxygen atoms in total. The number of aldehydes is 1. The molecule has 0 saturated heterocycles. The highest BCUT2D eigenvalue weighted by molar-refractivity contribution is 7.11. The molecule has 0 aliphatic heterocycles. The molecule has 0 fully saturated rings. The minimum atomic E-state index is 0.504. The fourth-order valence-electron chi connectivity index (χ4n) is 1.36. The minimum absolute atomic E-state index is 0.504. The maximum absolute atomic E-state index is 10.5. The average molecular weight is 233 g/mol. The largest absolute Gasteiger partial charge is 0.494 e. The molecular weight excluding hydrogens is 222 g/mol. The quantitative estimate of drug-likeness (QED) is 0.762. The highest BCUT2D eigenvalue weighted by atomic mass is 32.1. The van der Waals surface area contributed by atoms with Crippen LogP contribution in [0.2, 0.25) is 0 Å². The number of nitrogens with zero attached hydrogens (tertiary/aromatic N) is 1. The third kappa shape index (κ3) is 2.28. The summed E-state index contributed by atoms with van der Waals surface area (Å²) in [5, 5.41) is 2.38. The zero-order valence-corrected chi connectivity index (χ0v) is 9.66. The third-order valence-corrected chi connectivity index (χ3v) is 2.85. The average Bonchev–Trinajstić information content (AvgIpc) is 2.79. The van der Waals surface area contributed by atoms with E-state index in [4.69, 9.17) is 4.74 Å². The maximum Gasteiger partial charge on any atom is 0.178 e. The zero-order valence-electron chi connectivity index (χ0n) is 8.84. The van der Waals surface area contributed by atoms with Crippen LogP contribution in [0.1, 0.15) is 16.7 Å². The molecule has 2 aromatic rings. The van der Waals surface area contributed by atoms with E-state index in [1.807, 2.05) is 36.6 Å². The molecule has 16 heavy (non-hydrogen) atoms. The third-order valence-electron chi connectivity index (χ3n) is 2.08. The Balaban J connectivity index is 2.23. The number of carbonyl (C=O) groups excluding carboxylic acids is 1. The van der Waals surface area contributed by atoms with E-state index in [1.165, 1.54) is 11.3 Å². The van der Waals surface area contributed by atoms with Crippen molar-refractivity contribution in [3.63, 3.8) is 0 Å². The lowest BCUT2D eigenvalue weighted by molar-refractivity contribution is 0.112. The van der Waals surface area contributed by atoms with Gasteiger partial charge in [-0.15, -0.1) is 11.3 Å². The topological polar surface area (TPSA) is 39.2 Å². The van der Waals surface area contributed by atoms with Crippen LogP contribution in [0.4, 0.5) is 0 Å². The van der Waals surface area contributed by atoms with Crippen LogP contribution >= 0.6 is 11.3 Å². The Hall–Kier alpha value is -1.68. The zero-order chi connectivity index (χ0) is 11.4. The molecule has 1 aromatic heterocycles. The number of aromatic nitrogens is 1. The summed E-state index contributed by atoms with van der Waals surface area (Å²) in [6, 6.07) is 7.68. The molecule has 82 valence electrons. The number of rotatable bonds is 4. The van der Waals surface area contributed by atoms with E-state index in [-0.39, 0.29) is 0 Å². The van der Waals surface area contributed by atoms with Crippen LogP contribution in [0.25, 0.3) is 11.3 Å². The molecule has 0 spiro atoms. The summed E-state index contributed by atoms with van der Waals surface area (Å²) in [7, 11) is 0. The Morgan fingerprint density at radius 1 is 1.38 bits per heavy atom. The first kappa shape index (κ1) is 10.8. The van der Waals surface area contributed by atoms with Gasteiger partial charge < -0.3 is 4.74 Å². The van der Waals surface area contributed by atoms with Gasteiger partial charge in [-0.2, -0.15) is 0 Å². The number of thiazole rings is 1. The SMILES string of the molecule is CCOc1ccc(-c2csc(C=O)n2)cc1. The molecule has 0 saturated carbocycles. The van der Waals surface area contributed by atoms with E-state index in [2.05, 4.69) is 4.98 Å². The van der Waals surface area contributed by atoms with Crippen LogP contribution in [-0.4, -0.2) is 17.9 Å². The number of hydrogen-bond donors (Lipinski definition) is 0. The van der Waals surface area contributed by atoms with Gasteiger partial charge in [0.25, 0.3) is 0 Å². The van der Waals surface area contributed by atoms with Crippen molar-refractivity contribution in [2.24, 2.45) is 0 Å². The minimum Gasteiger partial charge on any atom is -0.494 e. The van der Waals surface area contributed by atoms with E-state index in [1.54, 1.807) is 0 Å². The second-order valence-electron chi connectivity index (χ2n) is 3.15. The predicted molar refractivity (Wildman–Crippen MR) is 64.1 cm³/mol. The standard InChI is InChI=1S/C12H11NO2S/c1-2-15-10-5-3-9(4-6-10)11-8-16-12(7-14)13-11/h3-8H,2H2,1H3. The fourth-order valence-corrected chi connectivity index (χ4v) is 1.99. The summed E-state index contributed by atoms with van der Waals surface area (Å²) in [5.74, 6) is 0.845. The maximum atomic E-state index is 10.5. The molecule has 1 heterocycles. The number of ether oxygens (including phenoxy) is 1. The van der Waals surface area contributed by atoms with Crippen LogP contribution in [-0.2, 0) is 0 Å². The van der Waals surface area contributed by atoms with Gasteiger partial charge in [-0.1, -0.05) is 0 Å². The van der Waals surface area contributed by atoms with Gasteiger partial charge in [0.1, 0.15) is 5.75 Å². The van der Waals surface area contributed by atoms with Crippen molar-refractivity contribution in [2.75, 3.05) is 6.61 Å². The first-order chi connectivity index (χ1) is 7.83. The summed E-state index contributed by atoms with van der Waals surface area (Å²) < 4.78 is 5.35. The molecule has 0 aliphatic carbocycles. The highest BCUT2D eigenvalue weighted by Gasteiger charge is 2.03. The van der Waals surface area contributed by atoms with Gasteiger partial charge in [-0.25, -0.2) is 4.98 Å². The Kier molecular flexibility index (Phi) is 3.31. The van der Waals surface area contributed by atoms with Crippen molar-refractivity contribution in [1.82, 2.24) is 4.98 Å².